The molecule has 6 nitrogen and oxygen atoms in total. The predicted molar refractivity (Wildman–Crippen MR) is 92.7 cm³/mol. The molecule has 0 unspecified atom stereocenters. The zero-order valence-electron chi connectivity index (χ0n) is 14.0. The van der Waals surface area contributed by atoms with E-state index in [1.807, 2.05) is 6.07 Å². The van der Waals surface area contributed by atoms with Gasteiger partial charge in [0.15, 0.2) is 0 Å². The fourth-order valence-electron chi connectivity index (χ4n) is 2.94. The van der Waals surface area contributed by atoms with Crippen LogP contribution in [0, 0.1) is 0 Å². The minimum Gasteiger partial charge on any atom is -0.497 e. The molecule has 2 aromatic carbocycles. The van der Waals surface area contributed by atoms with E-state index in [0.717, 1.165) is 24.8 Å². The molecule has 0 spiro atoms. The lowest BCUT2D eigenvalue weighted by atomic mass is 10.1. The van der Waals surface area contributed by atoms with Crippen molar-refractivity contribution in [1.82, 2.24) is 4.72 Å². The highest BCUT2D eigenvalue weighted by Crippen LogP contribution is 2.26. The Morgan fingerprint density at radius 3 is 2.48 bits per heavy atom. The number of hydrogen-bond donors (Lipinski definition) is 1. The van der Waals surface area contributed by atoms with Gasteiger partial charge in [-0.3, -0.25) is 4.79 Å². The number of nitrogens with one attached hydrogen (secondary N) is 1. The molecule has 132 valence electrons. The van der Waals surface area contributed by atoms with Gasteiger partial charge in [-0.1, -0.05) is 6.07 Å². The molecule has 1 aliphatic carbocycles. The number of methoxy groups -OCH3 is 2. The van der Waals surface area contributed by atoms with Crippen molar-refractivity contribution in [2.75, 3.05) is 14.2 Å². The number of fused-ring (bicyclic) bond motifs is 1. The van der Waals surface area contributed by atoms with Crippen LogP contribution in [0.3, 0.4) is 0 Å². The number of sulfonamides is 1. The maximum atomic E-state index is 12.5. The van der Waals surface area contributed by atoms with Crippen LogP contribution in [0.1, 0.15) is 27.9 Å². The van der Waals surface area contributed by atoms with Crippen molar-refractivity contribution in [3.8, 4) is 11.5 Å². The Morgan fingerprint density at radius 1 is 1.00 bits per heavy atom. The molecule has 25 heavy (non-hydrogen) atoms. The first kappa shape index (κ1) is 17.3. The van der Waals surface area contributed by atoms with E-state index in [1.54, 1.807) is 12.1 Å². The molecule has 0 fully saturated rings. The van der Waals surface area contributed by atoms with Gasteiger partial charge in [0.1, 0.15) is 11.5 Å². The lowest BCUT2D eigenvalue weighted by Crippen LogP contribution is -2.31. The van der Waals surface area contributed by atoms with Crippen molar-refractivity contribution in [3.05, 3.63) is 53.1 Å². The van der Waals surface area contributed by atoms with Gasteiger partial charge < -0.3 is 9.47 Å². The fraction of sp³-hybridized carbons (Fsp3) is 0.278. The Labute approximate surface area is 146 Å². The maximum absolute atomic E-state index is 12.5. The molecular weight excluding hydrogens is 342 g/mol. The Hall–Kier alpha value is -2.54. The van der Waals surface area contributed by atoms with Crippen molar-refractivity contribution in [2.24, 2.45) is 0 Å². The molecule has 1 N–H and O–H groups in total. The lowest BCUT2D eigenvalue weighted by Gasteiger charge is -2.12. The summed E-state index contributed by atoms with van der Waals surface area (Å²) in [5, 5.41) is 0. The topological polar surface area (TPSA) is 81.7 Å². The average molecular weight is 361 g/mol. The van der Waals surface area contributed by atoms with E-state index < -0.39 is 15.9 Å². The molecule has 2 aromatic rings. The SMILES string of the molecule is COc1ccc(C(=O)NS(=O)(=O)c2ccc3c(c2)CCC3)c(OC)c1. The zero-order valence-corrected chi connectivity index (χ0v) is 14.9. The van der Waals surface area contributed by atoms with Gasteiger partial charge in [0.25, 0.3) is 15.9 Å². The van der Waals surface area contributed by atoms with E-state index in [-0.39, 0.29) is 16.2 Å². The van der Waals surface area contributed by atoms with Gasteiger partial charge >= 0.3 is 0 Å². The predicted octanol–water partition coefficient (Wildman–Crippen LogP) is 2.31. The number of carbonyl (C=O) groups excluding carboxylic acids is 1. The number of hydrogen-bond acceptors (Lipinski definition) is 5. The highest BCUT2D eigenvalue weighted by atomic mass is 32.2. The number of rotatable bonds is 5. The zero-order chi connectivity index (χ0) is 18.0. The van der Waals surface area contributed by atoms with E-state index in [2.05, 4.69) is 4.72 Å². The third-order valence-electron chi connectivity index (χ3n) is 4.26. The Kier molecular flexibility index (Phi) is 4.67. The smallest absolute Gasteiger partial charge is 0.268 e. The van der Waals surface area contributed by atoms with E-state index in [4.69, 9.17) is 9.47 Å². The Morgan fingerprint density at radius 2 is 1.76 bits per heavy atom. The van der Waals surface area contributed by atoms with Gasteiger partial charge in [0.05, 0.1) is 24.7 Å². The Bertz CT molecular complexity index is 921. The fourth-order valence-corrected chi connectivity index (χ4v) is 3.95. The van der Waals surface area contributed by atoms with Gasteiger partial charge in [0.2, 0.25) is 0 Å². The number of benzene rings is 2. The first-order valence-electron chi connectivity index (χ1n) is 7.85. The molecule has 0 saturated heterocycles. The van der Waals surface area contributed by atoms with E-state index in [9.17, 15) is 13.2 Å². The minimum absolute atomic E-state index is 0.0916. The second kappa shape index (κ2) is 6.76. The van der Waals surface area contributed by atoms with Crippen LogP contribution in [0.15, 0.2) is 41.3 Å². The van der Waals surface area contributed by atoms with Crippen LogP contribution < -0.4 is 14.2 Å². The number of aryl methyl sites for hydroxylation is 2. The van der Waals surface area contributed by atoms with E-state index in [0.29, 0.717) is 5.75 Å². The van der Waals surface area contributed by atoms with Crippen molar-refractivity contribution >= 4 is 15.9 Å². The molecule has 0 atom stereocenters. The van der Waals surface area contributed by atoms with Crippen LogP contribution in [-0.4, -0.2) is 28.5 Å². The number of amides is 1. The van der Waals surface area contributed by atoms with E-state index in [1.165, 1.54) is 38.0 Å². The van der Waals surface area contributed by atoms with Crippen molar-refractivity contribution < 1.29 is 22.7 Å². The van der Waals surface area contributed by atoms with Gasteiger partial charge in [0, 0.05) is 6.07 Å². The number of carbonyl (C=O) groups is 1. The second-order valence-corrected chi connectivity index (χ2v) is 7.47. The molecular formula is C18H19NO5S. The molecule has 1 amide bonds. The monoisotopic (exact) mass is 361 g/mol. The van der Waals surface area contributed by atoms with Crippen LogP contribution in [-0.2, 0) is 22.9 Å². The van der Waals surface area contributed by atoms with Crippen LogP contribution in [0.25, 0.3) is 0 Å². The first-order valence-corrected chi connectivity index (χ1v) is 9.34. The lowest BCUT2D eigenvalue weighted by molar-refractivity contribution is 0.0978. The summed E-state index contributed by atoms with van der Waals surface area (Å²) in [5.41, 5.74) is 2.31. The first-order chi connectivity index (χ1) is 11.9. The van der Waals surface area contributed by atoms with Gasteiger partial charge in [-0.05, 0) is 54.7 Å². The van der Waals surface area contributed by atoms with Gasteiger partial charge in [-0.2, -0.15) is 0 Å². The Balaban J connectivity index is 1.87. The minimum atomic E-state index is -3.96. The van der Waals surface area contributed by atoms with Gasteiger partial charge in [-0.15, -0.1) is 0 Å². The summed E-state index contributed by atoms with van der Waals surface area (Å²) in [6, 6.07) is 9.55. The van der Waals surface area contributed by atoms with E-state index >= 15 is 0 Å². The van der Waals surface area contributed by atoms with Crippen molar-refractivity contribution in [1.29, 1.82) is 0 Å². The maximum Gasteiger partial charge on any atom is 0.268 e. The second-order valence-electron chi connectivity index (χ2n) is 5.78. The molecule has 1 aliphatic rings. The summed E-state index contributed by atoms with van der Waals surface area (Å²) in [7, 11) is -1.06. The summed E-state index contributed by atoms with van der Waals surface area (Å²) in [4.78, 5) is 12.5. The largest absolute Gasteiger partial charge is 0.497 e. The highest BCUT2D eigenvalue weighted by Gasteiger charge is 2.23. The van der Waals surface area contributed by atoms with Crippen LogP contribution in [0.4, 0.5) is 0 Å². The quantitative estimate of drug-likeness (QED) is 0.884. The molecule has 0 aliphatic heterocycles. The van der Waals surface area contributed by atoms with Gasteiger partial charge in [-0.25, -0.2) is 13.1 Å². The molecule has 3 rings (SSSR count). The number of ether oxygens (including phenoxy) is 2. The molecule has 7 heteroatoms. The molecule has 0 saturated carbocycles. The molecule has 0 bridgehead atoms. The summed E-state index contributed by atoms with van der Waals surface area (Å²) in [6.45, 7) is 0. The molecule has 0 radical (unpaired) electrons. The summed E-state index contributed by atoms with van der Waals surface area (Å²) < 4.78 is 37.4. The van der Waals surface area contributed by atoms with Crippen molar-refractivity contribution in [2.45, 2.75) is 24.2 Å². The van der Waals surface area contributed by atoms with Crippen molar-refractivity contribution in [3.63, 3.8) is 0 Å². The standard InChI is InChI=1S/C18H19NO5S/c1-23-14-7-9-16(17(11-14)24-2)18(20)19-25(21,22)15-8-6-12-4-3-5-13(12)10-15/h6-11H,3-5H2,1-2H3,(H,19,20). The molecule has 0 aromatic heterocycles. The molecule has 0 heterocycles. The van der Waals surface area contributed by atoms with Crippen LogP contribution in [0.5, 0.6) is 11.5 Å². The summed E-state index contributed by atoms with van der Waals surface area (Å²) in [5.74, 6) is -0.00381. The summed E-state index contributed by atoms with van der Waals surface area (Å²) >= 11 is 0. The summed E-state index contributed by atoms with van der Waals surface area (Å²) in [6.07, 6.45) is 2.85. The third-order valence-corrected chi connectivity index (χ3v) is 5.59. The third kappa shape index (κ3) is 3.46. The highest BCUT2D eigenvalue weighted by molar-refractivity contribution is 7.90. The van der Waals surface area contributed by atoms with Crippen LogP contribution >= 0.6 is 0 Å². The van der Waals surface area contributed by atoms with Crippen LogP contribution in [0.2, 0.25) is 0 Å². The normalized spacial score (nSPS) is 13.2. The average Bonchev–Trinajstić information content (AvgIpc) is 3.08.